The van der Waals surface area contributed by atoms with E-state index in [0.29, 0.717) is 12.3 Å². The molecule has 0 bridgehead atoms. The number of rotatable bonds is 7. The Morgan fingerprint density at radius 2 is 2.28 bits per heavy atom. The Hall–Kier alpha value is -2.96. The molecule has 2 aliphatic carbocycles. The number of carbonyl (C=O) groups excluding carboxylic acids is 1. The topological polar surface area (TPSA) is 69.0 Å². The number of hydrogen-bond acceptors (Lipinski definition) is 4. The normalized spacial score (nSPS) is 25.1. The van der Waals surface area contributed by atoms with Crippen molar-refractivity contribution in [3.05, 3.63) is 60.5 Å². The van der Waals surface area contributed by atoms with Gasteiger partial charge in [0.15, 0.2) is 5.75 Å². The van der Waals surface area contributed by atoms with Crippen LogP contribution in [0.5, 0.6) is 5.75 Å². The predicted octanol–water partition coefficient (Wildman–Crippen LogP) is 3.90. The van der Waals surface area contributed by atoms with Crippen molar-refractivity contribution >= 4 is 11.6 Å². The van der Waals surface area contributed by atoms with Gasteiger partial charge in [-0.15, -0.1) is 0 Å². The van der Waals surface area contributed by atoms with Crippen LogP contribution in [0.2, 0.25) is 0 Å². The molecular formula is C22H25FN4O2. The Bertz CT molecular complexity index is 967. The molecule has 2 aromatic heterocycles. The van der Waals surface area contributed by atoms with E-state index in [2.05, 4.69) is 27.6 Å². The van der Waals surface area contributed by atoms with Crippen LogP contribution in [0, 0.1) is 30.0 Å². The van der Waals surface area contributed by atoms with Crippen LogP contribution in [0.15, 0.2) is 49.0 Å². The summed E-state index contributed by atoms with van der Waals surface area (Å²) in [5.41, 5.74) is 0.928. The molecule has 0 aromatic carbocycles. The van der Waals surface area contributed by atoms with Gasteiger partial charge in [0.2, 0.25) is 5.91 Å². The van der Waals surface area contributed by atoms with Gasteiger partial charge in [0.25, 0.3) is 0 Å². The minimum Gasteiger partial charge on any atom is -0.489 e. The average molecular weight is 396 g/mol. The summed E-state index contributed by atoms with van der Waals surface area (Å²) in [6.45, 7) is 5.16. The molecule has 0 saturated heterocycles. The largest absolute Gasteiger partial charge is 0.489 e. The van der Waals surface area contributed by atoms with Gasteiger partial charge in [0.05, 0.1) is 30.9 Å². The molecule has 152 valence electrons. The number of nitrogens with one attached hydrogen (secondary N) is 1. The molecule has 2 aliphatic rings. The molecule has 1 saturated carbocycles. The standard InChI is InChI=1S/C22H25FN4O2/c1-3-27-13-20(15(2)26-27)29-14-22(16-7-5-4-6-8-16)10-19(22)21(28)25-18-9-17(23)11-24-12-18/h4-7,9,11-13,16,19H,3,8,10,14H2,1-2H3,(H,25,28)/t16?,19-,22+/m0/s1. The van der Waals surface area contributed by atoms with E-state index < -0.39 is 5.82 Å². The maximum atomic E-state index is 13.4. The van der Waals surface area contributed by atoms with Crippen LogP contribution in [0.25, 0.3) is 0 Å². The second-order valence-electron chi connectivity index (χ2n) is 7.75. The Morgan fingerprint density at radius 3 is 2.97 bits per heavy atom. The Labute approximate surface area is 169 Å². The summed E-state index contributed by atoms with van der Waals surface area (Å²) in [5, 5.41) is 7.23. The van der Waals surface area contributed by atoms with Gasteiger partial charge in [-0.05, 0) is 32.6 Å². The predicted molar refractivity (Wildman–Crippen MR) is 108 cm³/mol. The van der Waals surface area contributed by atoms with Crippen molar-refractivity contribution in [2.45, 2.75) is 33.2 Å². The molecule has 0 aliphatic heterocycles. The van der Waals surface area contributed by atoms with Gasteiger partial charge in [0, 0.05) is 23.9 Å². The zero-order valence-electron chi connectivity index (χ0n) is 16.6. The molecule has 4 rings (SSSR count). The first-order chi connectivity index (χ1) is 14.0. The van der Waals surface area contributed by atoms with E-state index in [9.17, 15) is 9.18 Å². The second kappa shape index (κ2) is 7.81. The van der Waals surface area contributed by atoms with Crippen molar-refractivity contribution in [3.8, 4) is 5.75 Å². The fraction of sp³-hybridized carbons (Fsp3) is 0.409. The average Bonchev–Trinajstić information content (AvgIpc) is 3.36. The Kier molecular flexibility index (Phi) is 5.22. The van der Waals surface area contributed by atoms with Crippen molar-refractivity contribution in [1.29, 1.82) is 0 Å². The van der Waals surface area contributed by atoms with E-state index >= 15 is 0 Å². The number of aromatic nitrogens is 3. The minimum absolute atomic E-state index is 0.120. The molecule has 1 N–H and O–H groups in total. The fourth-order valence-electron chi connectivity index (χ4n) is 4.08. The molecule has 7 heteroatoms. The number of pyridine rings is 1. The molecule has 29 heavy (non-hydrogen) atoms. The highest BCUT2D eigenvalue weighted by Gasteiger charge is 2.62. The molecular weight excluding hydrogens is 371 g/mol. The van der Waals surface area contributed by atoms with E-state index in [0.717, 1.165) is 37.0 Å². The number of aryl methyl sites for hydroxylation is 2. The maximum Gasteiger partial charge on any atom is 0.228 e. The highest BCUT2D eigenvalue weighted by molar-refractivity contribution is 5.95. The molecule has 6 nitrogen and oxygen atoms in total. The molecule has 1 amide bonds. The van der Waals surface area contributed by atoms with Gasteiger partial charge in [0.1, 0.15) is 11.5 Å². The number of carbonyl (C=O) groups is 1. The lowest BCUT2D eigenvalue weighted by Gasteiger charge is -2.26. The van der Waals surface area contributed by atoms with Gasteiger partial charge < -0.3 is 10.1 Å². The number of nitrogens with zero attached hydrogens (tertiary/aromatic N) is 3. The number of halogens is 1. The van der Waals surface area contributed by atoms with Crippen molar-refractivity contribution in [3.63, 3.8) is 0 Å². The Balaban J connectivity index is 1.50. The van der Waals surface area contributed by atoms with E-state index in [-0.39, 0.29) is 23.2 Å². The van der Waals surface area contributed by atoms with Crippen molar-refractivity contribution < 1.29 is 13.9 Å². The van der Waals surface area contributed by atoms with Crippen LogP contribution in [0.1, 0.15) is 25.5 Å². The quantitative estimate of drug-likeness (QED) is 0.771. The SMILES string of the molecule is CCn1cc(OC[C@@]2(C3C=CC=CC3)C[C@H]2C(=O)Nc2cncc(F)c2)c(C)n1. The number of ether oxygens (including phenoxy) is 1. The number of anilines is 1. The lowest BCUT2D eigenvalue weighted by atomic mass is 9.82. The molecule has 2 aromatic rings. The van der Waals surface area contributed by atoms with Crippen LogP contribution in [-0.2, 0) is 11.3 Å². The summed E-state index contributed by atoms with van der Waals surface area (Å²) >= 11 is 0. The number of allylic oxidation sites excluding steroid dienone is 4. The molecule has 2 heterocycles. The van der Waals surface area contributed by atoms with Gasteiger partial charge >= 0.3 is 0 Å². The monoisotopic (exact) mass is 396 g/mol. The first-order valence-electron chi connectivity index (χ1n) is 9.93. The zero-order chi connectivity index (χ0) is 20.4. The van der Waals surface area contributed by atoms with E-state index in [1.807, 2.05) is 36.9 Å². The van der Waals surface area contributed by atoms with Gasteiger partial charge in [-0.2, -0.15) is 5.10 Å². The highest BCUT2D eigenvalue weighted by Crippen LogP contribution is 2.60. The maximum absolute atomic E-state index is 13.4. The minimum atomic E-state index is -0.475. The van der Waals surface area contributed by atoms with Crippen LogP contribution in [0.4, 0.5) is 10.1 Å². The first-order valence-corrected chi connectivity index (χ1v) is 9.93. The van der Waals surface area contributed by atoms with Gasteiger partial charge in [-0.25, -0.2) is 4.39 Å². The third kappa shape index (κ3) is 3.95. The lowest BCUT2D eigenvalue weighted by Crippen LogP contribution is -2.29. The summed E-state index contributed by atoms with van der Waals surface area (Å²) in [5.74, 6) is 0.174. The van der Waals surface area contributed by atoms with Crippen molar-refractivity contribution in [1.82, 2.24) is 14.8 Å². The molecule has 0 radical (unpaired) electrons. The number of amides is 1. The second-order valence-corrected chi connectivity index (χ2v) is 7.75. The summed E-state index contributed by atoms with van der Waals surface area (Å²) in [4.78, 5) is 16.7. The van der Waals surface area contributed by atoms with Crippen molar-refractivity contribution in [2.75, 3.05) is 11.9 Å². The van der Waals surface area contributed by atoms with Crippen molar-refractivity contribution in [2.24, 2.45) is 17.3 Å². The molecule has 1 unspecified atom stereocenters. The van der Waals surface area contributed by atoms with E-state index in [1.165, 1.54) is 12.3 Å². The fourth-order valence-corrected chi connectivity index (χ4v) is 4.08. The Morgan fingerprint density at radius 1 is 1.41 bits per heavy atom. The van der Waals surface area contributed by atoms with Crippen LogP contribution in [-0.4, -0.2) is 27.3 Å². The molecule has 1 fully saturated rings. The van der Waals surface area contributed by atoms with Crippen LogP contribution in [0.3, 0.4) is 0 Å². The molecule has 3 atom stereocenters. The van der Waals surface area contributed by atoms with E-state index in [1.54, 1.807) is 0 Å². The number of hydrogen-bond donors (Lipinski definition) is 1. The summed E-state index contributed by atoms with van der Waals surface area (Å²) in [6.07, 6.45) is 14.4. The highest BCUT2D eigenvalue weighted by atomic mass is 19.1. The summed E-state index contributed by atoms with van der Waals surface area (Å²) in [7, 11) is 0. The lowest BCUT2D eigenvalue weighted by molar-refractivity contribution is -0.118. The third-order valence-electron chi connectivity index (χ3n) is 5.85. The summed E-state index contributed by atoms with van der Waals surface area (Å²) in [6, 6.07) is 1.28. The first kappa shape index (κ1) is 19.4. The van der Waals surface area contributed by atoms with Gasteiger partial charge in [-0.1, -0.05) is 24.3 Å². The smallest absolute Gasteiger partial charge is 0.228 e. The molecule has 0 spiro atoms. The van der Waals surface area contributed by atoms with Crippen LogP contribution >= 0.6 is 0 Å². The van der Waals surface area contributed by atoms with Gasteiger partial charge in [-0.3, -0.25) is 14.5 Å². The third-order valence-corrected chi connectivity index (χ3v) is 5.85. The summed E-state index contributed by atoms with van der Waals surface area (Å²) < 4.78 is 21.4. The zero-order valence-corrected chi connectivity index (χ0v) is 16.6. The van der Waals surface area contributed by atoms with E-state index in [4.69, 9.17) is 4.74 Å². The van der Waals surface area contributed by atoms with Crippen LogP contribution < -0.4 is 10.1 Å².